The fourth-order valence-corrected chi connectivity index (χ4v) is 2.26. The Hall–Kier alpha value is -2.37. The molecule has 24 heavy (non-hydrogen) atoms. The number of unbranched alkanes of at least 4 members (excludes halogenated alkanes) is 1. The van der Waals surface area contributed by atoms with E-state index < -0.39 is 0 Å². The van der Waals surface area contributed by atoms with Gasteiger partial charge in [-0.25, -0.2) is 4.39 Å². The molecule has 0 radical (unpaired) electrons. The molecule has 0 aliphatic carbocycles. The first-order valence-electron chi connectivity index (χ1n) is 8.25. The highest BCUT2D eigenvalue weighted by Crippen LogP contribution is 2.11. The van der Waals surface area contributed by atoms with Gasteiger partial charge in [0.05, 0.1) is 6.61 Å². The number of nitrogens with zero attached hydrogens (tertiary/aromatic N) is 1. The SMILES string of the molecule is CC(C)Cc1cc(C(=O)NCCCCOc2ccc(F)cc2)n[nH]1. The Bertz CT molecular complexity index is 638. The van der Waals surface area contributed by atoms with Crippen LogP contribution >= 0.6 is 0 Å². The second kappa shape index (κ2) is 9.05. The summed E-state index contributed by atoms with van der Waals surface area (Å²) in [6.07, 6.45) is 2.48. The minimum absolute atomic E-state index is 0.166. The molecule has 5 nitrogen and oxygen atoms in total. The number of ether oxygens (including phenoxy) is 1. The van der Waals surface area contributed by atoms with Crippen LogP contribution in [0.25, 0.3) is 0 Å². The van der Waals surface area contributed by atoms with Gasteiger partial charge in [0, 0.05) is 12.2 Å². The maximum absolute atomic E-state index is 12.8. The molecule has 1 aromatic heterocycles. The zero-order chi connectivity index (χ0) is 17.4. The molecule has 130 valence electrons. The average Bonchev–Trinajstić information content (AvgIpc) is 3.00. The normalized spacial score (nSPS) is 10.8. The van der Waals surface area contributed by atoms with E-state index in [1.54, 1.807) is 18.2 Å². The molecular weight excluding hydrogens is 309 g/mol. The van der Waals surface area contributed by atoms with E-state index in [4.69, 9.17) is 4.74 Å². The van der Waals surface area contributed by atoms with E-state index >= 15 is 0 Å². The van der Waals surface area contributed by atoms with Crippen molar-refractivity contribution in [1.29, 1.82) is 0 Å². The minimum atomic E-state index is -0.278. The van der Waals surface area contributed by atoms with Gasteiger partial charge >= 0.3 is 0 Å². The van der Waals surface area contributed by atoms with Crippen molar-refractivity contribution in [1.82, 2.24) is 15.5 Å². The summed E-state index contributed by atoms with van der Waals surface area (Å²) in [5.41, 5.74) is 1.40. The smallest absolute Gasteiger partial charge is 0.271 e. The van der Waals surface area contributed by atoms with Gasteiger partial charge in [0.2, 0.25) is 0 Å². The monoisotopic (exact) mass is 333 g/mol. The highest BCUT2D eigenvalue weighted by molar-refractivity contribution is 5.92. The highest BCUT2D eigenvalue weighted by Gasteiger charge is 2.10. The van der Waals surface area contributed by atoms with Crippen LogP contribution in [-0.4, -0.2) is 29.3 Å². The van der Waals surface area contributed by atoms with Gasteiger partial charge in [0.25, 0.3) is 5.91 Å². The lowest BCUT2D eigenvalue weighted by Gasteiger charge is -2.06. The number of H-pyrrole nitrogens is 1. The van der Waals surface area contributed by atoms with Crippen LogP contribution < -0.4 is 10.1 Å². The van der Waals surface area contributed by atoms with Gasteiger partial charge in [-0.1, -0.05) is 13.8 Å². The fourth-order valence-electron chi connectivity index (χ4n) is 2.26. The van der Waals surface area contributed by atoms with Crippen LogP contribution in [-0.2, 0) is 6.42 Å². The summed E-state index contributed by atoms with van der Waals surface area (Å²) >= 11 is 0. The third kappa shape index (κ3) is 6.02. The lowest BCUT2D eigenvalue weighted by molar-refractivity contribution is 0.0947. The van der Waals surface area contributed by atoms with Crippen LogP contribution in [0.5, 0.6) is 5.75 Å². The Morgan fingerprint density at radius 2 is 2.04 bits per heavy atom. The van der Waals surface area contributed by atoms with Crippen LogP contribution in [0.1, 0.15) is 42.9 Å². The quantitative estimate of drug-likeness (QED) is 0.692. The molecule has 0 atom stereocenters. The Labute approximate surface area is 141 Å². The third-order valence-corrected chi connectivity index (χ3v) is 3.43. The van der Waals surface area contributed by atoms with Crippen LogP contribution in [0.4, 0.5) is 4.39 Å². The summed E-state index contributed by atoms with van der Waals surface area (Å²) in [6.45, 7) is 5.34. The second-order valence-corrected chi connectivity index (χ2v) is 6.14. The molecule has 0 aliphatic heterocycles. The lowest BCUT2D eigenvalue weighted by Crippen LogP contribution is -2.25. The number of aromatic amines is 1. The summed E-state index contributed by atoms with van der Waals surface area (Å²) in [7, 11) is 0. The van der Waals surface area contributed by atoms with Crippen molar-refractivity contribution in [3.05, 3.63) is 47.5 Å². The van der Waals surface area contributed by atoms with Gasteiger partial charge in [-0.05, 0) is 55.5 Å². The van der Waals surface area contributed by atoms with Crippen molar-refractivity contribution in [2.75, 3.05) is 13.2 Å². The standard InChI is InChI=1S/C18H24FN3O2/c1-13(2)11-15-12-17(22-21-15)18(23)20-9-3-4-10-24-16-7-5-14(19)6-8-16/h5-8,12-13H,3-4,9-11H2,1-2H3,(H,20,23)(H,21,22). The maximum Gasteiger partial charge on any atom is 0.271 e. The maximum atomic E-state index is 12.8. The number of rotatable bonds is 9. The van der Waals surface area contributed by atoms with Crippen LogP contribution in [0.2, 0.25) is 0 Å². The third-order valence-electron chi connectivity index (χ3n) is 3.43. The van der Waals surface area contributed by atoms with Gasteiger partial charge in [-0.3, -0.25) is 9.89 Å². The van der Waals surface area contributed by atoms with Crippen LogP contribution in [0, 0.1) is 11.7 Å². The van der Waals surface area contributed by atoms with Crippen molar-refractivity contribution >= 4 is 5.91 Å². The molecule has 0 saturated heterocycles. The molecular formula is C18H24FN3O2. The topological polar surface area (TPSA) is 67.0 Å². The molecule has 0 spiro atoms. The number of amides is 1. The second-order valence-electron chi connectivity index (χ2n) is 6.14. The first-order chi connectivity index (χ1) is 11.5. The molecule has 6 heteroatoms. The zero-order valence-corrected chi connectivity index (χ0v) is 14.1. The molecule has 0 bridgehead atoms. The van der Waals surface area contributed by atoms with Crippen LogP contribution in [0.15, 0.2) is 30.3 Å². The number of hydrogen-bond acceptors (Lipinski definition) is 3. The lowest BCUT2D eigenvalue weighted by atomic mass is 10.1. The van der Waals surface area contributed by atoms with Gasteiger partial charge in [-0.2, -0.15) is 5.10 Å². The van der Waals surface area contributed by atoms with Crippen molar-refractivity contribution in [2.24, 2.45) is 5.92 Å². The van der Waals surface area contributed by atoms with E-state index in [-0.39, 0.29) is 11.7 Å². The zero-order valence-electron chi connectivity index (χ0n) is 14.1. The van der Waals surface area contributed by atoms with Gasteiger partial charge < -0.3 is 10.1 Å². The Morgan fingerprint density at radius 3 is 2.75 bits per heavy atom. The average molecular weight is 333 g/mol. The summed E-state index contributed by atoms with van der Waals surface area (Å²) in [5, 5.41) is 9.78. The summed E-state index contributed by atoms with van der Waals surface area (Å²) in [5.74, 6) is 0.720. The van der Waals surface area contributed by atoms with Gasteiger partial charge in [0.15, 0.2) is 0 Å². The molecule has 2 aromatic rings. The number of aromatic nitrogens is 2. The molecule has 2 rings (SSSR count). The first kappa shape index (κ1) is 18.0. The fraction of sp³-hybridized carbons (Fsp3) is 0.444. The Morgan fingerprint density at radius 1 is 1.29 bits per heavy atom. The van der Waals surface area contributed by atoms with E-state index in [1.165, 1.54) is 12.1 Å². The highest BCUT2D eigenvalue weighted by atomic mass is 19.1. The molecule has 1 aromatic carbocycles. The number of benzene rings is 1. The van der Waals surface area contributed by atoms with E-state index in [2.05, 4.69) is 29.4 Å². The van der Waals surface area contributed by atoms with Crippen molar-refractivity contribution in [3.8, 4) is 5.75 Å². The number of halogens is 1. The Balaban J connectivity index is 1.60. The van der Waals surface area contributed by atoms with E-state index in [9.17, 15) is 9.18 Å². The first-order valence-corrected chi connectivity index (χ1v) is 8.25. The van der Waals surface area contributed by atoms with Crippen molar-refractivity contribution < 1.29 is 13.9 Å². The molecule has 0 saturated carbocycles. The molecule has 1 amide bonds. The van der Waals surface area contributed by atoms with Crippen molar-refractivity contribution in [2.45, 2.75) is 33.1 Å². The van der Waals surface area contributed by atoms with Gasteiger partial charge in [-0.15, -0.1) is 0 Å². The number of nitrogens with one attached hydrogen (secondary N) is 2. The molecule has 1 heterocycles. The van der Waals surface area contributed by atoms with Crippen LogP contribution in [0.3, 0.4) is 0 Å². The summed E-state index contributed by atoms with van der Waals surface area (Å²) < 4.78 is 18.2. The summed E-state index contributed by atoms with van der Waals surface area (Å²) in [4.78, 5) is 12.0. The predicted molar refractivity (Wildman–Crippen MR) is 90.6 cm³/mol. The van der Waals surface area contributed by atoms with Gasteiger partial charge in [0.1, 0.15) is 17.3 Å². The van der Waals surface area contributed by atoms with E-state index in [1.807, 2.05) is 0 Å². The number of carbonyl (C=O) groups is 1. The number of hydrogen-bond donors (Lipinski definition) is 2. The molecule has 0 fully saturated rings. The number of carbonyl (C=O) groups excluding carboxylic acids is 1. The summed E-state index contributed by atoms with van der Waals surface area (Å²) in [6, 6.07) is 7.74. The largest absolute Gasteiger partial charge is 0.494 e. The predicted octanol–water partition coefficient (Wildman–Crippen LogP) is 3.34. The molecule has 0 aliphatic rings. The molecule has 0 unspecified atom stereocenters. The van der Waals surface area contributed by atoms with E-state index in [0.29, 0.717) is 30.5 Å². The minimum Gasteiger partial charge on any atom is -0.494 e. The van der Waals surface area contributed by atoms with E-state index in [0.717, 1.165) is 25.0 Å². The molecule has 2 N–H and O–H groups in total. The Kier molecular flexibility index (Phi) is 6.78. The van der Waals surface area contributed by atoms with Crippen molar-refractivity contribution in [3.63, 3.8) is 0 Å².